The molecule has 5 heteroatoms. The van der Waals surface area contributed by atoms with Gasteiger partial charge in [-0.15, -0.1) is 0 Å². The van der Waals surface area contributed by atoms with Crippen molar-refractivity contribution >= 4 is 23.4 Å². The molecule has 0 aromatic heterocycles. The van der Waals surface area contributed by atoms with Crippen LogP contribution in [0.25, 0.3) is 0 Å². The zero-order chi connectivity index (χ0) is 18.2. The Hall–Kier alpha value is -2.33. The average Bonchev–Trinajstić information content (AvgIpc) is 2.60. The smallest absolute Gasteiger partial charge is 0.251 e. The van der Waals surface area contributed by atoms with Crippen molar-refractivity contribution in [2.45, 2.75) is 26.8 Å². The number of carbonyl (C=O) groups is 2. The van der Waals surface area contributed by atoms with Gasteiger partial charge in [0.2, 0.25) is 0 Å². The Morgan fingerprint density at radius 3 is 1.92 bits per heavy atom. The monoisotopic (exact) mass is 358 g/mol. The van der Waals surface area contributed by atoms with Gasteiger partial charge in [0, 0.05) is 29.2 Å². The van der Waals surface area contributed by atoms with Gasteiger partial charge < -0.3 is 10.6 Å². The largest absolute Gasteiger partial charge is 0.352 e. The molecule has 2 amide bonds. The zero-order valence-corrected chi connectivity index (χ0v) is 15.3. The van der Waals surface area contributed by atoms with Crippen molar-refractivity contribution in [2.75, 3.05) is 6.54 Å². The molecule has 0 heterocycles. The lowest BCUT2D eigenvalue weighted by Crippen LogP contribution is -2.26. The van der Waals surface area contributed by atoms with Crippen LogP contribution in [0.5, 0.6) is 0 Å². The maximum atomic E-state index is 12.2. The fourth-order valence-electron chi connectivity index (χ4n) is 2.24. The second-order valence-electron chi connectivity index (χ2n) is 6.32. The molecule has 0 bridgehead atoms. The molecule has 0 spiro atoms. The first kappa shape index (κ1) is 19.0. The van der Waals surface area contributed by atoms with Gasteiger partial charge in [-0.25, -0.2) is 0 Å². The molecule has 25 heavy (non-hydrogen) atoms. The van der Waals surface area contributed by atoms with Gasteiger partial charge in [0.25, 0.3) is 11.8 Å². The molecule has 2 aromatic rings. The Labute approximate surface area is 153 Å². The van der Waals surface area contributed by atoms with Crippen molar-refractivity contribution in [2.24, 2.45) is 5.92 Å². The third-order valence-corrected chi connectivity index (χ3v) is 4.03. The standard InChI is InChI=1S/C20H23ClN2O2/c1-14(2)11-12-22-19(24)16-5-7-17(8-6-16)20(25)23-13-15-3-9-18(21)10-4-15/h3-10,14H,11-13H2,1-2H3,(H,22,24)(H,23,25). The molecule has 132 valence electrons. The number of carbonyl (C=O) groups excluding carboxylic acids is 2. The second kappa shape index (κ2) is 9.23. The van der Waals surface area contributed by atoms with E-state index in [1.807, 2.05) is 12.1 Å². The number of amides is 2. The SMILES string of the molecule is CC(C)CCNC(=O)c1ccc(C(=O)NCc2ccc(Cl)cc2)cc1. The van der Waals surface area contributed by atoms with Crippen LogP contribution >= 0.6 is 11.6 Å². The highest BCUT2D eigenvalue weighted by Gasteiger charge is 2.09. The Morgan fingerprint density at radius 2 is 1.40 bits per heavy atom. The molecule has 0 radical (unpaired) electrons. The van der Waals surface area contributed by atoms with E-state index in [0.717, 1.165) is 12.0 Å². The first-order valence-electron chi connectivity index (χ1n) is 8.36. The summed E-state index contributed by atoms with van der Waals surface area (Å²) in [6, 6.07) is 14.0. The first-order valence-corrected chi connectivity index (χ1v) is 8.74. The van der Waals surface area contributed by atoms with Crippen LogP contribution < -0.4 is 10.6 Å². The molecular weight excluding hydrogens is 336 g/mol. The molecule has 2 aromatic carbocycles. The summed E-state index contributed by atoms with van der Waals surface area (Å²) in [5.41, 5.74) is 2.05. The van der Waals surface area contributed by atoms with E-state index >= 15 is 0 Å². The lowest BCUT2D eigenvalue weighted by Gasteiger charge is -2.08. The first-order chi connectivity index (χ1) is 12.0. The van der Waals surface area contributed by atoms with Gasteiger partial charge in [0.1, 0.15) is 0 Å². The van der Waals surface area contributed by atoms with E-state index in [1.54, 1.807) is 36.4 Å². The Morgan fingerprint density at radius 1 is 0.880 bits per heavy atom. The van der Waals surface area contributed by atoms with Gasteiger partial charge >= 0.3 is 0 Å². The van der Waals surface area contributed by atoms with Crippen LogP contribution in [0.15, 0.2) is 48.5 Å². The number of hydrogen-bond donors (Lipinski definition) is 2. The molecule has 0 atom stereocenters. The second-order valence-corrected chi connectivity index (χ2v) is 6.76. The fraction of sp³-hybridized carbons (Fsp3) is 0.300. The van der Waals surface area contributed by atoms with E-state index < -0.39 is 0 Å². The number of rotatable bonds is 7. The van der Waals surface area contributed by atoms with E-state index in [9.17, 15) is 9.59 Å². The number of benzene rings is 2. The van der Waals surface area contributed by atoms with Crippen LogP contribution in [0.4, 0.5) is 0 Å². The van der Waals surface area contributed by atoms with Crippen LogP contribution in [0.2, 0.25) is 5.02 Å². The predicted octanol–water partition coefficient (Wildman–Crippen LogP) is 4.05. The molecule has 0 aliphatic carbocycles. The van der Waals surface area contributed by atoms with Crippen LogP contribution in [0.3, 0.4) is 0 Å². The number of hydrogen-bond acceptors (Lipinski definition) is 2. The fourth-order valence-corrected chi connectivity index (χ4v) is 2.36. The summed E-state index contributed by atoms with van der Waals surface area (Å²) >= 11 is 5.84. The van der Waals surface area contributed by atoms with E-state index in [-0.39, 0.29) is 11.8 Å². The van der Waals surface area contributed by atoms with Crippen molar-refractivity contribution in [3.05, 3.63) is 70.2 Å². The van der Waals surface area contributed by atoms with Crippen LogP contribution in [0, 0.1) is 5.92 Å². The molecule has 0 aliphatic rings. The minimum Gasteiger partial charge on any atom is -0.352 e. The van der Waals surface area contributed by atoms with Crippen molar-refractivity contribution in [1.82, 2.24) is 10.6 Å². The van der Waals surface area contributed by atoms with Crippen molar-refractivity contribution in [1.29, 1.82) is 0 Å². The lowest BCUT2D eigenvalue weighted by atomic mass is 10.1. The van der Waals surface area contributed by atoms with Crippen molar-refractivity contribution < 1.29 is 9.59 Å². The van der Waals surface area contributed by atoms with E-state index in [0.29, 0.717) is 35.2 Å². The predicted molar refractivity (Wildman–Crippen MR) is 101 cm³/mol. The summed E-state index contributed by atoms with van der Waals surface area (Å²) in [5, 5.41) is 6.39. The van der Waals surface area contributed by atoms with Gasteiger partial charge in [0.05, 0.1) is 0 Å². The highest BCUT2D eigenvalue weighted by molar-refractivity contribution is 6.30. The van der Waals surface area contributed by atoms with Gasteiger partial charge in [-0.3, -0.25) is 9.59 Å². The molecule has 4 nitrogen and oxygen atoms in total. The summed E-state index contributed by atoms with van der Waals surface area (Å²) in [5.74, 6) is 0.252. The quantitative estimate of drug-likeness (QED) is 0.784. The highest BCUT2D eigenvalue weighted by Crippen LogP contribution is 2.10. The summed E-state index contributed by atoms with van der Waals surface area (Å²) in [4.78, 5) is 24.2. The maximum Gasteiger partial charge on any atom is 0.251 e. The van der Waals surface area contributed by atoms with Crippen molar-refractivity contribution in [3.63, 3.8) is 0 Å². The summed E-state index contributed by atoms with van der Waals surface area (Å²) in [6.45, 7) is 5.31. The van der Waals surface area contributed by atoms with Gasteiger partial charge in [-0.2, -0.15) is 0 Å². The van der Waals surface area contributed by atoms with Crippen LogP contribution in [-0.4, -0.2) is 18.4 Å². The van der Waals surface area contributed by atoms with Crippen LogP contribution in [0.1, 0.15) is 46.5 Å². The van der Waals surface area contributed by atoms with E-state index in [2.05, 4.69) is 24.5 Å². The highest BCUT2D eigenvalue weighted by atomic mass is 35.5. The molecular formula is C20H23ClN2O2. The van der Waals surface area contributed by atoms with E-state index in [4.69, 9.17) is 11.6 Å². The third-order valence-electron chi connectivity index (χ3n) is 3.78. The summed E-state index contributed by atoms with van der Waals surface area (Å²) in [7, 11) is 0. The molecule has 0 saturated heterocycles. The van der Waals surface area contributed by atoms with Gasteiger partial charge in [-0.1, -0.05) is 37.6 Å². The average molecular weight is 359 g/mol. The number of nitrogens with one attached hydrogen (secondary N) is 2. The third kappa shape index (κ3) is 6.24. The molecule has 2 N–H and O–H groups in total. The zero-order valence-electron chi connectivity index (χ0n) is 14.5. The Balaban J connectivity index is 1.86. The maximum absolute atomic E-state index is 12.2. The lowest BCUT2D eigenvalue weighted by molar-refractivity contribution is 0.0939. The van der Waals surface area contributed by atoms with Crippen molar-refractivity contribution in [3.8, 4) is 0 Å². The number of halogens is 1. The van der Waals surface area contributed by atoms with E-state index in [1.165, 1.54) is 0 Å². The topological polar surface area (TPSA) is 58.2 Å². The molecule has 0 fully saturated rings. The van der Waals surface area contributed by atoms with Crippen LogP contribution in [-0.2, 0) is 6.54 Å². The molecule has 0 saturated carbocycles. The molecule has 2 rings (SSSR count). The minimum atomic E-state index is -0.179. The van der Waals surface area contributed by atoms with Gasteiger partial charge in [-0.05, 0) is 54.3 Å². The normalized spacial score (nSPS) is 10.6. The Kier molecular flexibility index (Phi) is 7.02. The molecule has 0 unspecified atom stereocenters. The minimum absolute atomic E-state index is 0.117. The summed E-state index contributed by atoms with van der Waals surface area (Å²) in [6.07, 6.45) is 0.941. The molecule has 0 aliphatic heterocycles. The van der Waals surface area contributed by atoms with Gasteiger partial charge in [0.15, 0.2) is 0 Å². The Bertz CT molecular complexity index is 709. The summed E-state index contributed by atoms with van der Waals surface area (Å²) < 4.78 is 0.